The Morgan fingerprint density at radius 2 is 1.65 bits per heavy atom. The molecule has 3 heteroatoms. The van der Waals surface area contributed by atoms with Crippen LogP contribution in [0.4, 0.5) is 8.78 Å². The lowest BCUT2D eigenvalue weighted by atomic mass is 9.63. The van der Waals surface area contributed by atoms with Crippen molar-refractivity contribution in [3.8, 4) is 16.9 Å². The van der Waals surface area contributed by atoms with Crippen LogP contribution < -0.4 is 4.74 Å². The first-order valence-electron chi connectivity index (χ1n) is 13.0. The van der Waals surface area contributed by atoms with E-state index >= 15 is 4.39 Å². The molecule has 4 rings (SSSR count). The molecule has 34 heavy (non-hydrogen) atoms. The topological polar surface area (TPSA) is 9.23 Å². The van der Waals surface area contributed by atoms with Gasteiger partial charge in [-0.25, -0.2) is 8.78 Å². The molecule has 4 unspecified atom stereocenters. The van der Waals surface area contributed by atoms with Crippen molar-refractivity contribution >= 4 is 0 Å². The Hall–Kier alpha value is -2.42. The zero-order chi connectivity index (χ0) is 23.9. The molecule has 0 radical (unpaired) electrons. The Bertz CT molecular complexity index is 1010. The highest BCUT2D eigenvalue weighted by molar-refractivity contribution is 5.65. The van der Waals surface area contributed by atoms with Gasteiger partial charge in [0.05, 0.1) is 0 Å². The van der Waals surface area contributed by atoms with Crippen LogP contribution in [0.1, 0.15) is 76.7 Å². The molecule has 2 aromatic rings. The smallest absolute Gasteiger partial charge is 0.165 e. The van der Waals surface area contributed by atoms with E-state index < -0.39 is 5.82 Å². The summed E-state index contributed by atoms with van der Waals surface area (Å²) in [5.41, 5.74) is 2.08. The maximum atomic E-state index is 15.1. The number of hydrogen-bond donors (Lipinski definition) is 0. The fourth-order valence-electron chi connectivity index (χ4n) is 6.09. The van der Waals surface area contributed by atoms with Gasteiger partial charge < -0.3 is 4.74 Å². The van der Waals surface area contributed by atoms with Crippen LogP contribution in [0.5, 0.6) is 5.75 Å². The van der Waals surface area contributed by atoms with Crippen LogP contribution in [0.25, 0.3) is 11.1 Å². The maximum absolute atomic E-state index is 15.1. The average molecular weight is 465 g/mol. The molecule has 182 valence electrons. The SMILES string of the molecule is C/C=C/CCC1CCC2CC(c3ccc(-c4ccc(OC/C=C/C)c(F)c4)c(F)c3)CCC2C1. The molecule has 2 aliphatic carbocycles. The van der Waals surface area contributed by atoms with Gasteiger partial charge in [-0.2, -0.15) is 0 Å². The van der Waals surface area contributed by atoms with Crippen molar-refractivity contribution in [2.24, 2.45) is 17.8 Å². The summed E-state index contributed by atoms with van der Waals surface area (Å²) in [7, 11) is 0. The number of hydrogen-bond acceptors (Lipinski definition) is 1. The predicted molar refractivity (Wildman–Crippen MR) is 137 cm³/mol. The number of benzene rings is 2. The summed E-state index contributed by atoms with van der Waals surface area (Å²) >= 11 is 0. The Morgan fingerprint density at radius 1 is 0.853 bits per heavy atom. The van der Waals surface area contributed by atoms with Gasteiger partial charge in [-0.15, -0.1) is 0 Å². The van der Waals surface area contributed by atoms with Crippen molar-refractivity contribution in [3.63, 3.8) is 0 Å². The van der Waals surface area contributed by atoms with Gasteiger partial charge in [0, 0.05) is 5.56 Å². The molecule has 0 amide bonds. The van der Waals surface area contributed by atoms with E-state index in [2.05, 4.69) is 25.1 Å². The third kappa shape index (κ3) is 5.98. The van der Waals surface area contributed by atoms with E-state index in [1.807, 2.05) is 25.1 Å². The minimum Gasteiger partial charge on any atom is -0.486 e. The van der Waals surface area contributed by atoms with E-state index in [9.17, 15) is 4.39 Å². The molecule has 4 atom stereocenters. The third-order valence-corrected chi connectivity index (χ3v) is 7.98. The van der Waals surface area contributed by atoms with E-state index in [1.165, 1.54) is 51.0 Å². The predicted octanol–water partition coefficient (Wildman–Crippen LogP) is 9.24. The lowest BCUT2D eigenvalue weighted by Crippen LogP contribution is -2.30. The molecule has 0 saturated heterocycles. The second kappa shape index (κ2) is 11.8. The van der Waals surface area contributed by atoms with Gasteiger partial charge in [-0.3, -0.25) is 0 Å². The quantitative estimate of drug-likeness (QED) is 0.354. The maximum Gasteiger partial charge on any atom is 0.165 e. The van der Waals surface area contributed by atoms with Crippen molar-refractivity contribution in [2.45, 2.75) is 71.1 Å². The van der Waals surface area contributed by atoms with Gasteiger partial charge in [-0.05, 0) is 112 Å². The second-order valence-corrected chi connectivity index (χ2v) is 10.1. The van der Waals surface area contributed by atoms with Crippen molar-refractivity contribution in [3.05, 3.63) is 77.9 Å². The highest BCUT2D eigenvalue weighted by Crippen LogP contribution is 2.48. The van der Waals surface area contributed by atoms with E-state index in [0.29, 0.717) is 23.7 Å². The largest absolute Gasteiger partial charge is 0.486 e. The van der Waals surface area contributed by atoms with E-state index in [1.54, 1.807) is 18.2 Å². The molecule has 2 saturated carbocycles. The van der Waals surface area contributed by atoms with Crippen LogP contribution in [0.2, 0.25) is 0 Å². The van der Waals surface area contributed by atoms with Gasteiger partial charge in [0.15, 0.2) is 11.6 Å². The zero-order valence-corrected chi connectivity index (χ0v) is 20.6. The van der Waals surface area contributed by atoms with Crippen LogP contribution in [0.3, 0.4) is 0 Å². The summed E-state index contributed by atoms with van der Waals surface area (Å²) in [6.07, 6.45) is 18.3. The summed E-state index contributed by atoms with van der Waals surface area (Å²) in [5.74, 6) is 2.39. The summed E-state index contributed by atoms with van der Waals surface area (Å²) in [5, 5.41) is 0. The normalized spacial score (nSPS) is 25.1. The lowest BCUT2D eigenvalue weighted by Gasteiger charge is -2.42. The van der Waals surface area contributed by atoms with Gasteiger partial charge in [0.1, 0.15) is 12.4 Å². The standard InChI is InChI=1S/C31H38F2O/c1-3-5-7-8-22-9-10-24-19-25(12-11-23(24)18-22)26-13-15-28(29(32)20-26)27-14-16-31(30(33)21-27)34-17-6-4-2/h3-6,13-16,20-25H,7-12,17-19H2,1-2H3/b5-3+,6-4+. The number of fused-ring (bicyclic) bond motifs is 1. The van der Waals surface area contributed by atoms with E-state index in [4.69, 9.17) is 4.74 Å². The molecule has 0 aromatic heterocycles. The first-order chi connectivity index (χ1) is 16.6. The van der Waals surface area contributed by atoms with Crippen molar-refractivity contribution < 1.29 is 13.5 Å². The van der Waals surface area contributed by atoms with Crippen LogP contribution >= 0.6 is 0 Å². The zero-order valence-electron chi connectivity index (χ0n) is 20.6. The number of rotatable bonds is 8. The fourth-order valence-corrected chi connectivity index (χ4v) is 6.09. The third-order valence-electron chi connectivity index (χ3n) is 7.98. The summed E-state index contributed by atoms with van der Waals surface area (Å²) in [4.78, 5) is 0. The number of ether oxygens (including phenoxy) is 1. The van der Waals surface area contributed by atoms with Crippen molar-refractivity contribution in [1.29, 1.82) is 0 Å². The molecule has 0 bridgehead atoms. The number of allylic oxidation sites excluding steroid dienone is 3. The second-order valence-electron chi connectivity index (χ2n) is 10.1. The van der Waals surface area contributed by atoms with Crippen LogP contribution in [0.15, 0.2) is 60.7 Å². The first kappa shape index (κ1) is 24.7. The summed E-state index contributed by atoms with van der Waals surface area (Å²) < 4.78 is 35.0. The molecule has 0 aliphatic heterocycles. The Balaban J connectivity index is 1.39. The first-order valence-corrected chi connectivity index (χ1v) is 13.0. The highest BCUT2D eigenvalue weighted by atomic mass is 19.1. The van der Waals surface area contributed by atoms with Gasteiger partial charge in [-0.1, -0.05) is 48.9 Å². The van der Waals surface area contributed by atoms with Crippen LogP contribution in [0, 0.1) is 29.4 Å². The molecule has 0 heterocycles. The van der Waals surface area contributed by atoms with Crippen molar-refractivity contribution in [1.82, 2.24) is 0 Å². The Morgan fingerprint density at radius 3 is 2.41 bits per heavy atom. The Labute approximate surface area is 203 Å². The van der Waals surface area contributed by atoms with Gasteiger partial charge in [0.25, 0.3) is 0 Å². The molecular formula is C31H38F2O. The fraction of sp³-hybridized carbons (Fsp3) is 0.484. The highest BCUT2D eigenvalue weighted by Gasteiger charge is 2.35. The molecule has 2 aromatic carbocycles. The minimum absolute atomic E-state index is 0.187. The molecule has 2 aliphatic rings. The molecular weight excluding hydrogens is 426 g/mol. The molecule has 0 N–H and O–H groups in total. The van der Waals surface area contributed by atoms with Crippen molar-refractivity contribution in [2.75, 3.05) is 6.61 Å². The molecule has 1 nitrogen and oxygen atoms in total. The van der Waals surface area contributed by atoms with Gasteiger partial charge in [0.2, 0.25) is 0 Å². The van der Waals surface area contributed by atoms with Crippen LogP contribution in [-0.4, -0.2) is 6.61 Å². The van der Waals surface area contributed by atoms with E-state index in [0.717, 1.165) is 29.7 Å². The monoisotopic (exact) mass is 464 g/mol. The Kier molecular flexibility index (Phi) is 8.59. The average Bonchev–Trinajstić information content (AvgIpc) is 2.85. The molecule has 0 spiro atoms. The summed E-state index contributed by atoms with van der Waals surface area (Å²) in [6.45, 7) is 4.30. The molecule has 2 fully saturated rings. The van der Waals surface area contributed by atoms with Crippen LogP contribution in [-0.2, 0) is 0 Å². The lowest BCUT2D eigenvalue weighted by molar-refractivity contribution is 0.115. The van der Waals surface area contributed by atoms with E-state index in [-0.39, 0.29) is 11.6 Å². The summed E-state index contributed by atoms with van der Waals surface area (Å²) in [6, 6.07) is 10.2. The van der Waals surface area contributed by atoms with Gasteiger partial charge >= 0.3 is 0 Å². The minimum atomic E-state index is -0.467. The number of halogens is 2.